The summed E-state index contributed by atoms with van der Waals surface area (Å²) in [6, 6.07) is -0.318. The van der Waals surface area contributed by atoms with E-state index in [9.17, 15) is 4.79 Å². The molecule has 1 saturated carbocycles. The maximum absolute atomic E-state index is 12.7. The van der Waals surface area contributed by atoms with Gasteiger partial charge in [-0.1, -0.05) is 19.0 Å². The fourth-order valence-electron chi connectivity index (χ4n) is 3.02. The number of nitrogens with one attached hydrogen (secondary N) is 3. The van der Waals surface area contributed by atoms with Gasteiger partial charge < -0.3 is 15.2 Å². The Hall–Kier alpha value is -1.93. The van der Waals surface area contributed by atoms with Crippen molar-refractivity contribution < 1.29 is 9.32 Å². The van der Waals surface area contributed by atoms with Crippen molar-refractivity contribution in [1.82, 2.24) is 31.0 Å². The summed E-state index contributed by atoms with van der Waals surface area (Å²) in [7, 11) is 0. The van der Waals surface area contributed by atoms with Gasteiger partial charge in [0, 0.05) is 36.7 Å². The zero-order valence-corrected chi connectivity index (χ0v) is 15.2. The molecule has 4 rings (SSSR count). The second kappa shape index (κ2) is 7.13. The van der Waals surface area contributed by atoms with E-state index in [0.717, 1.165) is 42.9 Å². The van der Waals surface area contributed by atoms with Crippen molar-refractivity contribution in [3.8, 4) is 0 Å². The molecule has 0 spiro atoms. The molecule has 1 amide bonds. The fourth-order valence-corrected chi connectivity index (χ4v) is 3.02. The van der Waals surface area contributed by atoms with Crippen molar-refractivity contribution in [2.75, 3.05) is 6.54 Å². The first-order valence-electron chi connectivity index (χ1n) is 8.54. The van der Waals surface area contributed by atoms with Crippen LogP contribution in [0.3, 0.4) is 0 Å². The monoisotopic (exact) mass is 366 g/mol. The van der Waals surface area contributed by atoms with Crippen molar-refractivity contribution in [2.45, 2.75) is 51.6 Å². The van der Waals surface area contributed by atoms with Crippen LogP contribution in [-0.4, -0.2) is 32.8 Å². The van der Waals surface area contributed by atoms with Crippen molar-refractivity contribution in [1.29, 1.82) is 0 Å². The number of carbonyl (C=O) groups is 1. The van der Waals surface area contributed by atoms with Crippen LogP contribution in [0.25, 0.3) is 0 Å². The molecule has 1 aliphatic carbocycles. The van der Waals surface area contributed by atoms with E-state index in [1.807, 2.05) is 13.8 Å². The Bertz CT molecular complexity index is 752. The van der Waals surface area contributed by atoms with E-state index in [4.69, 9.17) is 4.52 Å². The lowest BCUT2D eigenvalue weighted by molar-refractivity contribution is 0.0907. The van der Waals surface area contributed by atoms with E-state index >= 15 is 0 Å². The van der Waals surface area contributed by atoms with Crippen LogP contribution in [0.5, 0.6) is 0 Å². The van der Waals surface area contributed by atoms with Gasteiger partial charge in [-0.25, -0.2) is 0 Å². The summed E-state index contributed by atoms with van der Waals surface area (Å²) in [4.78, 5) is 17.2. The minimum absolute atomic E-state index is 0. The second-order valence-electron chi connectivity index (χ2n) is 6.92. The van der Waals surface area contributed by atoms with Crippen molar-refractivity contribution in [3.05, 3.63) is 28.7 Å². The number of rotatable bonds is 5. The van der Waals surface area contributed by atoms with E-state index in [-0.39, 0.29) is 30.3 Å². The Balaban J connectivity index is 0.00000182. The smallest absolute Gasteiger partial charge is 0.272 e. The number of nitrogens with zero attached hydrogens (tertiary/aromatic N) is 3. The summed E-state index contributed by atoms with van der Waals surface area (Å²) >= 11 is 0. The lowest BCUT2D eigenvalue weighted by Gasteiger charge is -2.19. The topological polar surface area (TPSA) is 109 Å². The van der Waals surface area contributed by atoms with Crippen LogP contribution in [0.15, 0.2) is 4.52 Å². The van der Waals surface area contributed by atoms with E-state index < -0.39 is 0 Å². The Kier molecular flexibility index (Phi) is 5.10. The number of aromatic amines is 1. The zero-order chi connectivity index (χ0) is 16.7. The third-order valence-corrected chi connectivity index (χ3v) is 4.64. The van der Waals surface area contributed by atoms with E-state index in [1.165, 1.54) is 0 Å². The summed E-state index contributed by atoms with van der Waals surface area (Å²) in [6.07, 6.45) is 3.09. The SMILES string of the molecule is CC(C)C(NC(=O)c1n[nH]c2c1CNCC2)c1nc(C2CC2)no1.Cl. The Labute approximate surface area is 151 Å². The lowest BCUT2D eigenvalue weighted by atomic mass is 10.0. The van der Waals surface area contributed by atoms with Crippen LogP contribution in [0.2, 0.25) is 0 Å². The molecule has 9 heteroatoms. The van der Waals surface area contributed by atoms with Gasteiger partial charge in [-0.05, 0) is 18.8 Å². The standard InChI is InChI=1S/C16H22N6O2.ClH/c1-8(2)12(16-19-14(22-24-16)9-3-4-9)18-15(23)13-10-7-17-6-5-11(10)20-21-13;/h8-9,12,17H,3-7H2,1-2H3,(H,18,23)(H,20,21);1H. The van der Waals surface area contributed by atoms with Gasteiger partial charge in [0.15, 0.2) is 11.5 Å². The normalized spacial score (nSPS) is 17.7. The molecule has 0 aromatic carbocycles. The molecule has 2 aromatic rings. The van der Waals surface area contributed by atoms with E-state index in [2.05, 4.69) is 31.0 Å². The summed E-state index contributed by atoms with van der Waals surface area (Å²) in [5.74, 6) is 1.58. The van der Waals surface area contributed by atoms with Crippen LogP contribution < -0.4 is 10.6 Å². The van der Waals surface area contributed by atoms with Crippen molar-refractivity contribution in [3.63, 3.8) is 0 Å². The molecule has 0 bridgehead atoms. The third kappa shape index (κ3) is 3.55. The van der Waals surface area contributed by atoms with E-state index in [1.54, 1.807) is 0 Å². The number of aromatic nitrogens is 4. The fraction of sp³-hybridized carbons (Fsp3) is 0.625. The summed E-state index contributed by atoms with van der Waals surface area (Å²) < 4.78 is 5.40. The number of amides is 1. The maximum Gasteiger partial charge on any atom is 0.272 e. The Morgan fingerprint density at radius 2 is 2.16 bits per heavy atom. The average Bonchev–Trinajstić information content (AvgIpc) is 3.16. The summed E-state index contributed by atoms with van der Waals surface area (Å²) in [6.45, 7) is 5.60. The van der Waals surface area contributed by atoms with Crippen LogP contribution in [-0.2, 0) is 13.0 Å². The maximum atomic E-state index is 12.7. The highest BCUT2D eigenvalue weighted by Crippen LogP contribution is 2.38. The van der Waals surface area contributed by atoms with Gasteiger partial charge in [-0.15, -0.1) is 12.4 Å². The molecule has 136 valence electrons. The van der Waals surface area contributed by atoms with Gasteiger partial charge in [0.2, 0.25) is 5.89 Å². The molecule has 1 unspecified atom stereocenters. The zero-order valence-electron chi connectivity index (χ0n) is 14.3. The summed E-state index contributed by atoms with van der Waals surface area (Å²) in [5.41, 5.74) is 2.43. The molecule has 2 aromatic heterocycles. The highest BCUT2D eigenvalue weighted by molar-refractivity contribution is 5.94. The van der Waals surface area contributed by atoms with Gasteiger partial charge in [-0.3, -0.25) is 9.89 Å². The van der Waals surface area contributed by atoms with Gasteiger partial charge in [0.1, 0.15) is 6.04 Å². The third-order valence-electron chi connectivity index (χ3n) is 4.64. The first-order valence-corrected chi connectivity index (χ1v) is 8.54. The molecule has 25 heavy (non-hydrogen) atoms. The molecule has 0 radical (unpaired) electrons. The number of hydrogen-bond donors (Lipinski definition) is 3. The Morgan fingerprint density at radius 1 is 1.36 bits per heavy atom. The first-order chi connectivity index (χ1) is 11.6. The molecule has 8 nitrogen and oxygen atoms in total. The van der Waals surface area contributed by atoms with Crippen LogP contribution >= 0.6 is 12.4 Å². The molecule has 0 saturated heterocycles. The van der Waals surface area contributed by atoms with Gasteiger partial charge in [-0.2, -0.15) is 10.1 Å². The molecule has 3 heterocycles. The van der Waals surface area contributed by atoms with Gasteiger partial charge in [0.05, 0.1) is 0 Å². The number of hydrogen-bond acceptors (Lipinski definition) is 6. The van der Waals surface area contributed by atoms with Crippen LogP contribution in [0, 0.1) is 5.92 Å². The number of fused-ring (bicyclic) bond motifs is 1. The summed E-state index contributed by atoms with van der Waals surface area (Å²) in [5, 5.41) is 17.5. The van der Waals surface area contributed by atoms with Crippen molar-refractivity contribution >= 4 is 18.3 Å². The molecule has 1 fully saturated rings. The quantitative estimate of drug-likeness (QED) is 0.745. The largest absolute Gasteiger partial charge is 0.339 e. The minimum Gasteiger partial charge on any atom is -0.339 e. The second-order valence-corrected chi connectivity index (χ2v) is 6.92. The van der Waals surface area contributed by atoms with Gasteiger partial charge >= 0.3 is 0 Å². The molecule has 3 N–H and O–H groups in total. The predicted octanol–water partition coefficient (Wildman–Crippen LogP) is 1.86. The Morgan fingerprint density at radius 3 is 2.88 bits per heavy atom. The van der Waals surface area contributed by atoms with E-state index in [0.29, 0.717) is 24.0 Å². The first kappa shape index (κ1) is 17.9. The highest BCUT2D eigenvalue weighted by Gasteiger charge is 2.32. The highest BCUT2D eigenvalue weighted by atomic mass is 35.5. The molecule has 2 aliphatic rings. The van der Waals surface area contributed by atoms with Crippen LogP contribution in [0.4, 0.5) is 0 Å². The minimum atomic E-state index is -0.318. The molecule has 1 aliphatic heterocycles. The average molecular weight is 367 g/mol. The molecular weight excluding hydrogens is 344 g/mol. The lowest BCUT2D eigenvalue weighted by Crippen LogP contribution is -2.33. The number of halogens is 1. The number of carbonyl (C=O) groups excluding carboxylic acids is 1. The van der Waals surface area contributed by atoms with Crippen LogP contribution in [0.1, 0.15) is 72.1 Å². The molecule has 1 atom stereocenters. The van der Waals surface area contributed by atoms with Crippen molar-refractivity contribution in [2.24, 2.45) is 5.92 Å². The number of H-pyrrole nitrogens is 1. The van der Waals surface area contributed by atoms with Gasteiger partial charge in [0.25, 0.3) is 5.91 Å². The predicted molar refractivity (Wildman–Crippen MR) is 92.6 cm³/mol. The molecular formula is C16H23ClN6O2.